The monoisotopic (exact) mass is 206 g/mol. The number of aryl methyl sites for hydroxylation is 1. The van der Waals surface area contributed by atoms with E-state index in [0.29, 0.717) is 12.1 Å². The fraction of sp³-hybridized carbons (Fsp3) is 0.182. The van der Waals surface area contributed by atoms with E-state index in [1.165, 1.54) is 12.4 Å². The van der Waals surface area contributed by atoms with Gasteiger partial charge in [-0.2, -0.15) is 0 Å². The van der Waals surface area contributed by atoms with Crippen molar-refractivity contribution in [3.8, 4) is 12.3 Å². The molecule has 2 nitrogen and oxygen atoms in total. The first-order valence-electron chi connectivity index (χ1n) is 4.48. The van der Waals surface area contributed by atoms with Gasteiger partial charge in [0.2, 0.25) is 0 Å². The van der Waals surface area contributed by atoms with Crippen LogP contribution in [0.5, 0.6) is 0 Å². The van der Waals surface area contributed by atoms with Gasteiger partial charge in [0.25, 0.3) is 0 Å². The maximum atomic E-state index is 13.6. The first-order chi connectivity index (χ1) is 7.19. The summed E-state index contributed by atoms with van der Waals surface area (Å²) >= 11 is 0. The molecule has 0 amide bonds. The van der Waals surface area contributed by atoms with Gasteiger partial charge in [-0.15, -0.1) is 6.42 Å². The molecule has 0 N–H and O–H groups in total. The molecule has 0 radical (unpaired) electrons. The van der Waals surface area contributed by atoms with E-state index in [-0.39, 0.29) is 11.1 Å². The lowest BCUT2D eigenvalue weighted by atomic mass is 10.2. The summed E-state index contributed by atoms with van der Waals surface area (Å²) in [5.74, 6) is 0.495. The lowest BCUT2D eigenvalue weighted by molar-refractivity contribution is 0.584. The van der Waals surface area contributed by atoms with Crippen molar-refractivity contribution in [3.63, 3.8) is 0 Å². The average Bonchev–Trinajstić information content (AvgIpc) is 2.61. The summed E-state index contributed by atoms with van der Waals surface area (Å²) in [6, 6.07) is 1.21. The Morgan fingerprint density at radius 3 is 2.87 bits per heavy atom. The molecule has 1 aromatic heterocycles. The number of fused-ring (bicyclic) bond motifs is 1. The number of benzene rings is 1. The van der Waals surface area contributed by atoms with Gasteiger partial charge in [-0.3, -0.25) is 0 Å². The summed E-state index contributed by atoms with van der Waals surface area (Å²) in [6.45, 7) is 2.47. The highest BCUT2D eigenvalue weighted by molar-refractivity contribution is 5.78. The number of hydrogen-bond donors (Lipinski definition) is 0. The zero-order valence-electron chi connectivity index (χ0n) is 8.09. The van der Waals surface area contributed by atoms with Gasteiger partial charge >= 0.3 is 0 Å². The lowest BCUT2D eigenvalue weighted by Crippen LogP contribution is -1.95. The quantitative estimate of drug-likeness (QED) is 0.655. The van der Waals surface area contributed by atoms with E-state index in [2.05, 4.69) is 4.98 Å². The Bertz CT molecular complexity index is 564. The van der Waals surface area contributed by atoms with Crippen LogP contribution in [0.15, 0.2) is 12.4 Å². The molecule has 0 aliphatic rings. The number of nitrogens with zero attached hydrogens (tertiary/aromatic N) is 2. The van der Waals surface area contributed by atoms with E-state index in [4.69, 9.17) is 6.42 Å². The molecule has 0 bridgehead atoms. The molecule has 0 saturated carbocycles. The fourth-order valence-electron chi connectivity index (χ4n) is 1.51. The van der Waals surface area contributed by atoms with Crippen molar-refractivity contribution in [2.75, 3.05) is 0 Å². The average molecular weight is 206 g/mol. The molecular weight excluding hydrogens is 198 g/mol. The van der Waals surface area contributed by atoms with Crippen LogP contribution in [-0.2, 0) is 6.54 Å². The van der Waals surface area contributed by atoms with Crippen LogP contribution in [0.25, 0.3) is 11.0 Å². The van der Waals surface area contributed by atoms with E-state index < -0.39 is 11.6 Å². The van der Waals surface area contributed by atoms with Crippen molar-refractivity contribution < 1.29 is 8.78 Å². The highest BCUT2D eigenvalue weighted by Gasteiger charge is 2.15. The van der Waals surface area contributed by atoms with E-state index in [9.17, 15) is 8.78 Å². The maximum absolute atomic E-state index is 13.6. The van der Waals surface area contributed by atoms with E-state index in [1.54, 1.807) is 4.57 Å². The van der Waals surface area contributed by atoms with Gasteiger partial charge in [-0.1, -0.05) is 5.92 Å². The van der Waals surface area contributed by atoms with Crippen LogP contribution in [0.3, 0.4) is 0 Å². The molecule has 0 atom stereocenters. The molecule has 76 valence electrons. The Labute approximate surface area is 85.5 Å². The normalized spacial score (nSPS) is 10.5. The van der Waals surface area contributed by atoms with Crippen LogP contribution in [0.2, 0.25) is 0 Å². The van der Waals surface area contributed by atoms with Gasteiger partial charge < -0.3 is 4.57 Å². The maximum Gasteiger partial charge on any atom is 0.169 e. The van der Waals surface area contributed by atoms with Gasteiger partial charge in [0.05, 0.1) is 17.4 Å². The van der Waals surface area contributed by atoms with Gasteiger partial charge in [0.15, 0.2) is 5.82 Å². The molecule has 15 heavy (non-hydrogen) atoms. The molecule has 1 aromatic carbocycles. The van der Waals surface area contributed by atoms with E-state index in [1.807, 2.05) is 12.8 Å². The largest absolute Gasteiger partial charge is 0.331 e. The molecule has 2 aromatic rings. The minimum absolute atomic E-state index is 0.117. The summed E-state index contributed by atoms with van der Waals surface area (Å²) in [5.41, 5.74) is 0.182. The number of halogens is 2. The van der Waals surface area contributed by atoms with Crippen molar-refractivity contribution in [2.45, 2.75) is 13.5 Å². The second-order valence-corrected chi connectivity index (χ2v) is 3.09. The van der Waals surface area contributed by atoms with Crippen molar-refractivity contribution in [3.05, 3.63) is 29.6 Å². The zero-order valence-corrected chi connectivity index (χ0v) is 8.09. The Hall–Kier alpha value is -1.89. The highest BCUT2D eigenvalue weighted by Crippen LogP contribution is 2.22. The summed E-state index contributed by atoms with van der Waals surface area (Å²) in [6.07, 6.45) is 6.48. The molecule has 0 aliphatic carbocycles. The SMILES string of the molecule is C#Cc1c(F)cc2c(ncn2CC)c1F. The fourth-order valence-corrected chi connectivity index (χ4v) is 1.51. The third-order valence-corrected chi connectivity index (χ3v) is 2.29. The standard InChI is InChI=1S/C11H8F2N2/c1-3-7-8(12)5-9-11(10(7)13)14-6-15(9)4-2/h1,5-6H,4H2,2H3. The van der Waals surface area contributed by atoms with Gasteiger partial charge in [-0.05, 0) is 6.92 Å². The molecule has 0 spiro atoms. The second kappa shape index (κ2) is 3.35. The minimum atomic E-state index is -0.764. The van der Waals surface area contributed by atoms with Gasteiger partial charge in [0.1, 0.15) is 11.3 Å². The Morgan fingerprint density at radius 1 is 1.53 bits per heavy atom. The zero-order chi connectivity index (χ0) is 11.0. The van der Waals surface area contributed by atoms with E-state index in [0.717, 1.165) is 0 Å². The summed E-state index contributed by atoms with van der Waals surface area (Å²) < 4.78 is 28.6. The second-order valence-electron chi connectivity index (χ2n) is 3.09. The molecule has 4 heteroatoms. The Balaban J connectivity index is 2.88. The lowest BCUT2D eigenvalue weighted by Gasteiger charge is -2.01. The molecular formula is C11H8F2N2. The number of terminal acetylenes is 1. The molecule has 2 rings (SSSR count). The first-order valence-corrected chi connectivity index (χ1v) is 4.48. The predicted octanol–water partition coefficient (Wildman–Crippen LogP) is 2.32. The third kappa shape index (κ3) is 1.28. The van der Waals surface area contributed by atoms with Crippen LogP contribution >= 0.6 is 0 Å². The topological polar surface area (TPSA) is 17.8 Å². The Kier molecular flexibility index (Phi) is 2.16. The minimum Gasteiger partial charge on any atom is -0.331 e. The van der Waals surface area contributed by atoms with Crippen LogP contribution in [-0.4, -0.2) is 9.55 Å². The number of hydrogen-bond acceptors (Lipinski definition) is 1. The molecule has 1 heterocycles. The van der Waals surface area contributed by atoms with Crippen molar-refractivity contribution in [1.82, 2.24) is 9.55 Å². The van der Waals surface area contributed by atoms with Crippen molar-refractivity contribution in [2.24, 2.45) is 0 Å². The number of rotatable bonds is 1. The van der Waals surface area contributed by atoms with Crippen molar-refractivity contribution >= 4 is 11.0 Å². The third-order valence-electron chi connectivity index (χ3n) is 2.29. The highest BCUT2D eigenvalue weighted by atomic mass is 19.1. The summed E-state index contributed by atoms with van der Waals surface area (Å²) in [4.78, 5) is 3.86. The summed E-state index contributed by atoms with van der Waals surface area (Å²) in [5, 5.41) is 0. The van der Waals surface area contributed by atoms with Crippen LogP contribution in [0.4, 0.5) is 8.78 Å². The van der Waals surface area contributed by atoms with Crippen molar-refractivity contribution in [1.29, 1.82) is 0 Å². The van der Waals surface area contributed by atoms with E-state index >= 15 is 0 Å². The van der Waals surface area contributed by atoms with Gasteiger partial charge in [0, 0.05) is 12.6 Å². The van der Waals surface area contributed by atoms with Crippen LogP contribution in [0, 0.1) is 24.0 Å². The molecule has 0 saturated heterocycles. The molecule has 0 fully saturated rings. The van der Waals surface area contributed by atoms with Crippen LogP contribution < -0.4 is 0 Å². The summed E-state index contributed by atoms with van der Waals surface area (Å²) in [7, 11) is 0. The predicted molar refractivity (Wildman–Crippen MR) is 53.3 cm³/mol. The van der Waals surface area contributed by atoms with Crippen LogP contribution in [0.1, 0.15) is 12.5 Å². The molecule has 0 unspecified atom stereocenters. The molecule has 0 aliphatic heterocycles. The smallest absolute Gasteiger partial charge is 0.169 e. The Morgan fingerprint density at radius 2 is 2.27 bits per heavy atom. The number of imidazole rings is 1. The number of aromatic nitrogens is 2. The first kappa shape index (κ1) is 9.66. The van der Waals surface area contributed by atoms with Gasteiger partial charge in [-0.25, -0.2) is 13.8 Å².